The van der Waals surface area contributed by atoms with Crippen molar-refractivity contribution in [2.45, 2.75) is 6.92 Å². The zero-order chi connectivity index (χ0) is 12.0. The third-order valence-electron chi connectivity index (χ3n) is 1.83. The molecule has 3 nitrogen and oxygen atoms in total. The first-order chi connectivity index (χ1) is 7.65. The molecule has 84 valence electrons. The van der Waals surface area contributed by atoms with Crippen LogP contribution < -0.4 is 10.1 Å². The highest BCUT2D eigenvalue weighted by Crippen LogP contribution is 2.19. The maximum absolute atomic E-state index is 13.4. The Labute approximate surface area is 93.6 Å². The van der Waals surface area contributed by atoms with Gasteiger partial charge in [0.25, 0.3) is 0 Å². The number of carbonyl (C=O) groups excluding carboxylic acids is 1. The first kappa shape index (κ1) is 12.1. The number of nitrogens with one attached hydrogen (secondary N) is 1. The smallest absolute Gasteiger partial charge is 0.217 e. The summed E-state index contributed by atoms with van der Waals surface area (Å²) in [6.07, 6.45) is 0. The molecular weight excluding hydrogens is 209 g/mol. The molecular formula is C12H12FNO2. The minimum absolute atomic E-state index is 0.171. The molecule has 1 rings (SSSR count). The molecule has 0 fully saturated rings. The zero-order valence-electron chi connectivity index (χ0n) is 9.13. The van der Waals surface area contributed by atoms with Crippen molar-refractivity contribution in [1.82, 2.24) is 5.32 Å². The molecule has 4 heteroatoms. The number of carbonyl (C=O) groups is 1. The number of halogens is 1. The average molecular weight is 221 g/mol. The molecule has 0 saturated heterocycles. The summed E-state index contributed by atoms with van der Waals surface area (Å²) in [5.41, 5.74) is 0.204. The molecule has 1 aromatic rings. The number of rotatable bonds is 2. The summed E-state index contributed by atoms with van der Waals surface area (Å²) >= 11 is 0. The quantitative estimate of drug-likeness (QED) is 0.765. The fraction of sp³-hybridized carbons (Fsp3) is 0.250. The standard InChI is InChI=1S/C12H12FNO2/c1-9(15)14-8-4-5-10-11(13)6-3-7-12(10)16-2/h3,6-7H,8H2,1-2H3,(H,14,15). The van der Waals surface area contributed by atoms with Crippen molar-refractivity contribution in [1.29, 1.82) is 0 Å². The molecule has 0 heterocycles. The van der Waals surface area contributed by atoms with E-state index < -0.39 is 5.82 Å². The zero-order valence-corrected chi connectivity index (χ0v) is 9.13. The van der Waals surface area contributed by atoms with E-state index in [1.54, 1.807) is 12.1 Å². The van der Waals surface area contributed by atoms with Gasteiger partial charge in [0.1, 0.15) is 17.1 Å². The number of amides is 1. The van der Waals surface area contributed by atoms with Crippen LogP contribution in [-0.4, -0.2) is 19.6 Å². The van der Waals surface area contributed by atoms with E-state index >= 15 is 0 Å². The van der Waals surface area contributed by atoms with Crippen LogP contribution >= 0.6 is 0 Å². The predicted octanol–water partition coefficient (Wildman–Crippen LogP) is 1.32. The van der Waals surface area contributed by atoms with E-state index in [1.165, 1.54) is 20.1 Å². The Morgan fingerprint density at radius 1 is 1.56 bits per heavy atom. The van der Waals surface area contributed by atoms with Gasteiger partial charge >= 0.3 is 0 Å². The predicted molar refractivity (Wildman–Crippen MR) is 58.5 cm³/mol. The Kier molecular flexibility index (Phi) is 4.34. The molecule has 1 amide bonds. The second-order valence-electron chi connectivity index (χ2n) is 3.03. The molecule has 0 aliphatic rings. The summed E-state index contributed by atoms with van der Waals surface area (Å²) < 4.78 is 18.3. The van der Waals surface area contributed by atoms with Crippen LogP contribution in [0.3, 0.4) is 0 Å². The van der Waals surface area contributed by atoms with Crippen LogP contribution in [0.1, 0.15) is 12.5 Å². The molecule has 0 atom stereocenters. The Morgan fingerprint density at radius 3 is 2.94 bits per heavy atom. The van der Waals surface area contributed by atoms with Gasteiger partial charge < -0.3 is 10.1 Å². The molecule has 0 aromatic heterocycles. The highest BCUT2D eigenvalue weighted by molar-refractivity contribution is 5.73. The summed E-state index contributed by atoms with van der Waals surface area (Å²) in [6, 6.07) is 4.49. The Hall–Kier alpha value is -2.02. The Bertz CT molecular complexity index is 446. The third kappa shape index (κ3) is 3.28. The first-order valence-electron chi connectivity index (χ1n) is 4.71. The number of hydrogen-bond acceptors (Lipinski definition) is 2. The maximum Gasteiger partial charge on any atom is 0.217 e. The van der Waals surface area contributed by atoms with Gasteiger partial charge in [-0.2, -0.15) is 0 Å². The lowest BCUT2D eigenvalue weighted by atomic mass is 10.2. The second kappa shape index (κ2) is 5.76. The van der Waals surface area contributed by atoms with Crippen LogP contribution in [0.4, 0.5) is 4.39 Å². The molecule has 0 saturated carbocycles. The van der Waals surface area contributed by atoms with E-state index in [1.807, 2.05) is 0 Å². The largest absolute Gasteiger partial charge is 0.495 e. The van der Waals surface area contributed by atoms with Gasteiger partial charge in [-0.15, -0.1) is 0 Å². The summed E-state index contributed by atoms with van der Waals surface area (Å²) in [5.74, 6) is 5.05. The van der Waals surface area contributed by atoms with Crippen LogP contribution in [-0.2, 0) is 4.79 Å². The highest BCUT2D eigenvalue weighted by Gasteiger charge is 2.04. The van der Waals surface area contributed by atoms with Gasteiger partial charge in [0.15, 0.2) is 0 Å². The van der Waals surface area contributed by atoms with Gasteiger partial charge in [-0.05, 0) is 12.1 Å². The summed E-state index contributed by atoms with van der Waals surface area (Å²) in [6.45, 7) is 1.58. The van der Waals surface area contributed by atoms with Crippen LogP contribution in [0.5, 0.6) is 5.75 Å². The molecule has 0 aliphatic heterocycles. The Morgan fingerprint density at radius 2 is 2.31 bits per heavy atom. The molecule has 1 aromatic carbocycles. The fourth-order valence-corrected chi connectivity index (χ4v) is 1.10. The molecule has 1 N–H and O–H groups in total. The third-order valence-corrected chi connectivity index (χ3v) is 1.83. The van der Waals surface area contributed by atoms with Crippen molar-refractivity contribution >= 4 is 5.91 Å². The molecule has 0 spiro atoms. The normalized spacial score (nSPS) is 8.94. The number of methoxy groups -OCH3 is 1. The number of hydrogen-bond donors (Lipinski definition) is 1. The van der Waals surface area contributed by atoms with Gasteiger partial charge in [-0.1, -0.05) is 17.9 Å². The van der Waals surface area contributed by atoms with Crippen molar-refractivity contribution in [3.8, 4) is 17.6 Å². The number of ether oxygens (including phenoxy) is 1. The van der Waals surface area contributed by atoms with Gasteiger partial charge in [0.2, 0.25) is 5.91 Å². The number of benzene rings is 1. The van der Waals surface area contributed by atoms with Crippen LogP contribution in [0.15, 0.2) is 18.2 Å². The minimum atomic E-state index is -0.435. The molecule has 0 bridgehead atoms. The molecule has 16 heavy (non-hydrogen) atoms. The maximum atomic E-state index is 13.4. The monoisotopic (exact) mass is 221 g/mol. The lowest BCUT2D eigenvalue weighted by Gasteiger charge is -2.02. The highest BCUT2D eigenvalue weighted by atomic mass is 19.1. The SMILES string of the molecule is COc1cccc(F)c1C#CCNC(C)=O. The van der Waals surface area contributed by atoms with E-state index in [0.717, 1.165) is 0 Å². The summed E-state index contributed by atoms with van der Waals surface area (Å²) in [4.78, 5) is 10.6. The van der Waals surface area contributed by atoms with E-state index in [2.05, 4.69) is 17.2 Å². The second-order valence-corrected chi connectivity index (χ2v) is 3.03. The van der Waals surface area contributed by atoms with Gasteiger partial charge in [-0.25, -0.2) is 4.39 Å². The lowest BCUT2D eigenvalue weighted by Crippen LogP contribution is -2.19. The van der Waals surface area contributed by atoms with Gasteiger partial charge in [-0.3, -0.25) is 4.79 Å². The average Bonchev–Trinajstić information content (AvgIpc) is 2.25. The van der Waals surface area contributed by atoms with Crippen molar-refractivity contribution in [2.24, 2.45) is 0 Å². The Balaban J connectivity index is 2.83. The van der Waals surface area contributed by atoms with Crippen LogP contribution in [0.25, 0.3) is 0 Å². The summed E-state index contributed by atoms with van der Waals surface area (Å²) in [5, 5.41) is 2.50. The van der Waals surface area contributed by atoms with E-state index in [0.29, 0.717) is 5.75 Å². The van der Waals surface area contributed by atoms with E-state index in [-0.39, 0.29) is 18.0 Å². The van der Waals surface area contributed by atoms with Crippen LogP contribution in [0.2, 0.25) is 0 Å². The van der Waals surface area contributed by atoms with Crippen molar-refractivity contribution < 1.29 is 13.9 Å². The fourth-order valence-electron chi connectivity index (χ4n) is 1.10. The molecule has 0 unspecified atom stereocenters. The van der Waals surface area contributed by atoms with Crippen LogP contribution in [0, 0.1) is 17.7 Å². The van der Waals surface area contributed by atoms with Crippen molar-refractivity contribution in [2.75, 3.05) is 13.7 Å². The molecule has 0 radical (unpaired) electrons. The van der Waals surface area contributed by atoms with Crippen molar-refractivity contribution in [3.05, 3.63) is 29.6 Å². The molecule has 0 aliphatic carbocycles. The summed E-state index contributed by atoms with van der Waals surface area (Å²) in [7, 11) is 1.45. The van der Waals surface area contributed by atoms with Crippen molar-refractivity contribution in [3.63, 3.8) is 0 Å². The lowest BCUT2D eigenvalue weighted by molar-refractivity contribution is -0.118. The van der Waals surface area contributed by atoms with Gasteiger partial charge in [0.05, 0.1) is 13.7 Å². The minimum Gasteiger partial charge on any atom is -0.495 e. The van der Waals surface area contributed by atoms with E-state index in [9.17, 15) is 9.18 Å². The topological polar surface area (TPSA) is 38.3 Å². The first-order valence-corrected chi connectivity index (χ1v) is 4.71. The van der Waals surface area contributed by atoms with Gasteiger partial charge in [0, 0.05) is 6.92 Å². The van der Waals surface area contributed by atoms with E-state index in [4.69, 9.17) is 4.74 Å².